The van der Waals surface area contributed by atoms with Crippen LogP contribution in [0.15, 0.2) is 83.9 Å². The Bertz CT molecular complexity index is 1160. The predicted octanol–water partition coefficient (Wildman–Crippen LogP) is 5.64. The molecule has 2 amide bonds. The van der Waals surface area contributed by atoms with E-state index in [1.807, 2.05) is 30.3 Å². The molecule has 0 bridgehead atoms. The van der Waals surface area contributed by atoms with Crippen molar-refractivity contribution in [3.8, 4) is 0 Å². The van der Waals surface area contributed by atoms with Crippen molar-refractivity contribution in [2.75, 3.05) is 5.32 Å². The Labute approximate surface area is 194 Å². The maximum absolute atomic E-state index is 13.6. The van der Waals surface area contributed by atoms with Crippen LogP contribution >= 0.6 is 23.4 Å². The lowest BCUT2D eigenvalue weighted by atomic mass is 10.2. The Morgan fingerprint density at radius 1 is 1.06 bits per heavy atom. The molecule has 1 aliphatic heterocycles. The molecule has 5 nitrogen and oxygen atoms in total. The molecule has 0 aliphatic carbocycles. The van der Waals surface area contributed by atoms with Gasteiger partial charge < -0.3 is 5.32 Å². The quantitative estimate of drug-likeness (QED) is 0.510. The molecule has 1 aliphatic rings. The molecular formula is C24H19ClFN3O2S. The molecule has 4 rings (SSSR count). The van der Waals surface area contributed by atoms with E-state index in [-0.39, 0.29) is 18.2 Å². The summed E-state index contributed by atoms with van der Waals surface area (Å²) in [6, 6.07) is 22.1. The first kappa shape index (κ1) is 22.0. The molecule has 3 aromatic carbocycles. The Hall–Kier alpha value is -3.16. The molecule has 3 aromatic rings. The average Bonchev–Trinajstić information content (AvgIpc) is 3.05. The van der Waals surface area contributed by atoms with Crippen LogP contribution in [0.5, 0.6) is 0 Å². The highest BCUT2D eigenvalue weighted by Gasteiger charge is 2.39. The van der Waals surface area contributed by atoms with E-state index in [0.717, 1.165) is 5.56 Å². The van der Waals surface area contributed by atoms with E-state index in [9.17, 15) is 14.0 Å². The van der Waals surface area contributed by atoms with Crippen LogP contribution in [0, 0.1) is 5.82 Å². The maximum Gasteiger partial charge on any atom is 0.242 e. The molecule has 162 valence electrons. The largest absolute Gasteiger partial charge is 0.326 e. The second kappa shape index (κ2) is 9.97. The summed E-state index contributed by atoms with van der Waals surface area (Å²) in [5.74, 6) is -0.903. The molecule has 0 radical (unpaired) electrons. The van der Waals surface area contributed by atoms with Crippen LogP contribution in [0.4, 0.5) is 15.8 Å². The van der Waals surface area contributed by atoms with E-state index in [2.05, 4.69) is 10.3 Å². The summed E-state index contributed by atoms with van der Waals surface area (Å²) >= 11 is 7.09. The molecule has 1 fully saturated rings. The number of carbonyl (C=O) groups is 2. The standard InChI is InChI=1S/C24H19ClFN3O2S/c25-17-9-11-19(12-10-17)27-22(30)14-21-23(31)29(15-16-5-2-1-3-6-16)24(32-21)28-20-8-4-7-18(26)13-20/h1-13,21H,14-15H2,(H,27,30)/t21-/m1/s1. The number of amides is 2. The van der Waals surface area contributed by atoms with Gasteiger partial charge in [0.25, 0.3) is 0 Å². The van der Waals surface area contributed by atoms with Gasteiger partial charge in [-0.25, -0.2) is 9.38 Å². The number of carbonyl (C=O) groups excluding carboxylic acids is 2. The first-order valence-electron chi connectivity index (χ1n) is 9.89. The molecule has 1 atom stereocenters. The minimum Gasteiger partial charge on any atom is -0.326 e. The molecule has 0 aromatic heterocycles. The van der Waals surface area contributed by atoms with Crippen molar-refractivity contribution in [2.24, 2.45) is 4.99 Å². The summed E-state index contributed by atoms with van der Waals surface area (Å²) in [6.07, 6.45) is -0.0143. The van der Waals surface area contributed by atoms with E-state index in [4.69, 9.17) is 11.6 Å². The number of rotatable bonds is 6. The van der Waals surface area contributed by atoms with Crippen LogP contribution in [0.1, 0.15) is 12.0 Å². The number of nitrogens with zero attached hydrogens (tertiary/aromatic N) is 2. The Kier molecular flexibility index (Phi) is 6.87. The van der Waals surface area contributed by atoms with Crippen LogP contribution in [-0.2, 0) is 16.1 Å². The minimum absolute atomic E-state index is 0.0143. The van der Waals surface area contributed by atoms with Gasteiger partial charge in [-0.2, -0.15) is 0 Å². The van der Waals surface area contributed by atoms with Gasteiger partial charge in [-0.05, 0) is 48.0 Å². The minimum atomic E-state index is -0.627. The second-order valence-electron chi connectivity index (χ2n) is 7.15. The lowest BCUT2D eigenvalue weighted by Gasteiger charge is -2.16. The third-order valence-corrected chi connectivity index (χ3v) is 6.16. The molecule has 8 heteroatoms. The molecule has 0 saturated carbocycles. The van der Waals surface area contributed by atoms with E-state index in [1.165, 1.54) is 23.9 Å². The SMILES string of the molecule is O=C(C[C@H]1SC(=Nc2cccc(F)c2)N(Cc2ccccc2)C1=O)Nc1ccc(Cl)cc1. The number of amidine groups is 1. The molecule has 1 N–H and O–H groups in total. The zero-order chi connectivity index (χ0) is 22.5. The summed E-state index contributed by atoms with van der Waals surface area (Å²) in [6.45, 7) is 0.316. The fraction of sp³-hybridized carbons (Fsp3) is 0.125. The Morgan fingerprint density at radius 2 is 1.81 bits per heavy atom. The van der Waals surface area contributed by atoms with Crippen LogP contribution in [0.3, 0.4) is 0 Å². The summed E-state index contributed by atoms with van der Waals surface area (Å²) in [5, 5.41) is 3.16. The molecular weight excluding hydrogens is 449 g/mol. The number of aliphatic imine (C=N–C) groups is 1. The highest BCUT2D eigenvalue weighted by atomic mass is 35.5. The van der Waals surface area contributed by atoms with E-state index in [0.29, 0.717) is 28.1 Å². The fourth-order valence-corrected chi connectivity index (χ4v) is 4.49. The number of hydrogen-bond donors (Lipinski definition) is 1. The second-order valence-corrected chi connectivity index (χ2v) is 8.76. The normalized spacial score (nSPS) is 17.1. The molecule has 1 heterocycles. The van der Waals surface area contributed by atoms with Gasteiger partial charge in [0.1, 0.15) is 11.1 Å². The monoisotopic (exact) mass is 467 g/mol. The molecule has 0 unspecified atom stereocenters. The summed E-state index contributed by atoms with van der Waals surface area (Å²) in [4.78, 5) is 31.8. The zero-order valence-corrected chi connectivity index (χ0v) is 18.4. The van der Waals surface area contributed by atoms with Crippen molar-refractivity contribution in [1.29, 1.82) is 0 Å². The number of halogens is 2. The average molecular weight is 468 g/mol. The van der Waals surface area contributed by atoms with Crippen molar-refractivity contribution < 1.29 is 14.0 Å². The van der Waals surface area contributed by atoms with Crippen molar-refractivity contribution in [2.45, 2.75) is 18.2 Å². The van der Waals surface area contributed by atoms with Gasteiger partial charge in [-0.15, -0.1) is 0 Å². The van der Waals surface area contributed by atoms with Crippen LogP contribution in [-0.4, -0.2) is 27.1 Å². The highest BCUT2D eigenvalue weighted by Crippen LogP contribution is 2.33. The first-order chi connectivity index (χ1) is 15.5. The van der Waals surface area contributed by atoms with Crippen LogP contribution < -0.4 is 5.32 Å². The summed E-state index contributed by atoms with van der Waals surface area (Å²) in [5.41, 5.74) is 1.94. The zero-order valence-electron chi connectivity index (χ0n) is 16.9. The summed E-state index contributed by atoms with van der Waals surface area (Å²) in [7, 11) is 0. The third kappa shape index (κ3) is 5.55. The number of nitrogens with one attached hydrogen (secondary N) is 1. The maximum atomic E-state index is 13.6. The Morgan fingerprint density at radius 3 is 2.53 bits per heavy atom. The van der Waals surface area contributed by atoms with Crippen LogP contribution in [0.25, 0.3) is 0 Å². The van der Waals surface area contributed by atoms with Gasteiger partial charge in [0.05, 0.1) is 12.2 Å². The van der Waals surface area contributed by atoms with Crippen molar-refractivity contribution in [3.63, 3.8) is 0 Å². The molecule has 0 spiro atoms. The highest BCUT2D eigenvalue weighted by molar-refractivity contribution is 8.15. The number of hydrogen-bond acceptors (Lipinski definition) is 4. The predicted molar refractivity (Wildman–Crippen MR) is 127 cm³/mol. The topological polar surface area (TPSA) is 61.8 Å². The van der Waals surface area contributed by atoms with E-state index < -0.39 is 11.1 Å². The number of benzene rings is 3. The van der Waals surface area contributed by atoms with Crippen molar-refractivity contribution in [1.82, 2.24) is 4.90 Å². The van der Waals surface area contributed by atoms with Gasteiger partial charge in [0.15, 0.2) is 5.17 Å². The molecule has 1 saturated heterocycles. The van der Waals surface area contributed by atoms with E-state index in [1.54, 1.807) is 41.3 Å². The third-order valence-electron chi connectivity index (χ3n) is 4.74. The number of thioether (sulfide) groups is 1. The first-order valence-corrected chi connectivity index (χ1v) is 11.2. The smallest absolute Gasteiger partial charge is 0.242 e. The van der Waals surface area contributed by atoms with Gasteiger partial charge in [-0.1, -0.05) is 59.8 Å². The van der Waals surface area contributed by atoms with Gasteiger partial charge in [0, 0.05) is 17.1 Å². The van der Waals surface area contributed by atoms with Crippen LogP contribution in [0.2, 0.25) is 5.02 Å². The fourth-order valence-electron chi connectivity index (χ4n) is 3.21. The Balaban J connectivity index is 1.54. The lowest BCUT2D eigenvalue weighted by molar-refractivity contribution is -0.128. The van der Waals surface area contributed by atoms with Gasteiger partial charge in [0.2, 0.25) is 11.8 Å². The lowest BCUT2D eigenvalue weighted by Crippen LogP contribution is -2.33. The number of anilines is 1. The van der Waals surface area contributed by atoms with Gasteiger partial charge >= 0.3 is 0 Å². The van der Waals surface area contributed by atoms with Gasteiger partial charge in [-0.3, -0.25) is 14.5 Å². The molecule has 32 heavy (non-hydrogen) atoms. The van der Waals surface area contributed by atoms with E-state index >= 15 is 0 Å². The van der Waals surface area contributed by atoms with Crippen molar-refractivity contribution >= 4 is 51.7 Å². The summed E-state index contributed by atoms with van der Waals surface area (Å²) < 4.78 is 13.6. The van der Waals surface area contributed by atoms with Crippen molar-refractivity contribution in [3.05, 3.63) is 95.3 Å².